The Hall–Kier alpha value is -3.34. The second kappa shape index (κ2) is 7.17. The largest absolute Gasteiger partial charge is 0.493 e. The number of benzene rings is 2. The minimum absolute atomic E-state index is 0.169. The first kappa shape index (κ1) is 18.7. The average molecular weight is 400 g/mol. The van der Waals surface area contributed by atoms with E-state index in [1.807, 2.05) is 31.2 Å². The molecule has 3 aromatic rings. The topological polar surface area (TPSA) is 60.5 Å². The van der Waals surface area contributed by atoms with Gasteiger partial charge < -0.3 is 14.8 Å². The molecule has 5 rings (SSSR count). The normalized spacial score (nSPS) is 18.0. The van der Waals surface area contributed by atoms with Crippen molar-refractivity contribution in [3.63, 3.8) is 0 Å². The van der Waals surface area contributed by atoms with E-state index in [9.17, 15) is 4.79 Å². The molecular formula is C25H24N2O3. The second-order valence-electron chi connectivity index (χ2n) is 7.89. The van der Waals surface area contributed by atoms with E-state index in [1.165, 1.54) is 0 Å². The van der Waals surface area contributed by atoms with Crippen molar-refractivity contribution in [3.05, 3.63) is 70.6 Å². The number of hydrogen-bond donors (Lipinski definition) is 1. The maximum atomic E-state index is 13.1. The van der Waals surface area contributed by atoms with Gasteiger partial charge in [0.05, 0.1) is 19.7 Å². The molecule has 1 aliphatic heterocycles. The number of hydrogen-bond acceptors (Lipinski definition) is 5. The van der Waals surface area contributed by atoms with E-state index < -0.39 is 0 Å². The van der Waals surface area contributed by atoms with Crippen LogP contribution in [0.4, 0.5) is 5.69 Å². The number of aromatic nitrogens is 1. The number of ether oxygens (including phenoxy) is 2. The molecule has 2 aromatic carbocycles. The van der Waals surface area contributed by atoms with Gasteiger partial charge in [0.15, 0.2) is 17.3 Å². The SMILES string of the molecule is COc1ccc([C@@H]2C3=C(CCCC3=O)Nc3ccc4nc(C)ccc4c32)cc1OC. The number of aryl methyl sites for hydroxylation is 1. The first-order chi connectivity index (χ1) is 14.6. The summed E-state index contributed by atoms with van der Waals surface area (Å²) in [6.45, 7) is 1.99. The molecular weight excluding hydrogens is 376 g/mol. The zero-order chi connectivity index (χ0) is 20.8. The lowest BCUT2D eigenvalue weighted by Gasteiger charge is -2.35. The van der Waals surface area contributed by atoms with Crippen LogP contribution in [0.3, 0.4) is 0 Å². The zero-order valence-corrected chi connectivity index (χ0v) is 17.4. The van der Waals surface area contributed by atoms with Gasteiger partial charge in [0.2, 0.25) is 0 Å². The number of anilines is 1. The van der Waals surface area contributed by atoms with Gasteiger partial charge in [-0.3, -0.25) is 9.78 Å². The maximum Gasteiger partial charge on any atom is 0.161 e. The van der Waals surface area contributed by atoms with E-state index in [2.05, 4.69) is 23.5 Å². The van der Waals surface area contributed by atoms with Crippen LogP contribution in [-0.4, -0.2) is 25.0 Å². The Labute approximate surface area is 175 Å². The van der Waals surface area contributed by atoms with Crippen molar-refractivity contribution < 1.29 is 14.3 Å². The van der Waals surface area contributed by atoms with Crippen LogP contribution in [0.1, 0.15) is 42.0 Å². The summed E-state index contributed by atoms with van der Waals surface area (Å²) in [5, 5.41) is 4.63. The Balaban J connectivity index is 1.81. The average Bonchev–Trinajstić information content (AvgIpc) is 2.77. The Morgan fingerprint density at radius 1 is 1.00 bits per heavy atom. The molecule has 0 amide bonds. The molecule has 1 aliphatic carbocycles. The van der Waals surface area contributed by atoms with Gasteiger partial charge in [-0.25, -0.2) is 0 Å². The predicted octanol–water partition coefficient (Wildman–Crippen LogP) is 5.12. The first-order valence-electron chi connectivity index (χ1n) is 10.3. The molecule has 30 heavy (non-hydrogen) atoms. The number of pyridine rings is 1. The Morgan fingerprint density at radius 3 is 2.63 bits per heavy atom. The van der Waals surface area contributed by atoms with Gasteiger partial charge >= 0.3 is 0 Å². The Kier molecular flexibility index (Phi) is 4.46. The van der Waals surface area contributed by atoms with Crippen molar-refractivity contribution in [2.24, 2.45) is 0 Å². The fraction of sp³-hybridized carbons (Fsp3) is 0.280. The third kappa shape index (κ3) is 2.84. The van der Waals surface area contributed by atoms with Crippen molar-refractivity contribution in [2.45, 2.75) is 32.1 Å². The lowest BCUT2D eigenvalue weighted by Crippen LogP contribution is -2.27. The smallest absolute Gasteiger partial charge is 0.161 e. The van der Waals surface area contributed by atoms with Gasteiger partial charge in [-0.05, 0) is 61.2 Å². The summed E-state index contributed by atoms with van der Waals surface area (Å²) in [6, 6.07) is 14.2. The van der Waals surface area contributed by atoms with E-state index >= 15 is 0 Å². The molecule has 2 heterocycles. The van der Waals surface area contributed by atoms with E-state index in [0.29, 0.717) is 17.9 Å². The number of fused-ring (bicyclic) bond motifs is 3. The van der Waals surface area contributed by atoms with Crippen molar-refractivity contribution in [2.75, 3.05) is 19.5 Å². The standard InChI is InChI=1S/C25H24N2O3/c1-14-7-9-16-17(26-14)10-11-19-24(16)23(25-18(27-19)5-4-6-20(25)28)15-8-12-21(29-2)22(13-15)30-3/h7-13,23,27H,4-6H2,1-3H3/t23-/m0/s1. The number of nitrogens with one attached hydrogen (secondary N) is 1. The molecule has 152 valence electrons. The summed E-state index contributed by atoms with van der Waals surface area (Å²) < 4.78 is 11.0. The number of Topliss-reactive ketones (excluding diaryl/α,β-unsaturated/α-hetero) is 1. The van der Waals surface area contributed by atoms with Crippen molar-refractivity contribution in [3.8, 4) is 11.5 Å². The molecule has 0 radical (unpaired) electrons. The summed E-state index contributed by atoms with van der Waals surface area (Å²) in [5.41, 5.74) is 6.98. The molecule has 0 fully saturated rings. The van der Waals surface area contributed by atoms with Crippen LogP contribution in [-0.2, 0) is 4.79 Å². The van der Waals surface area contributed by atoms with Gasteiger partial charge in [0.25, 0.3) is 0 Å². The molecule has 5 nitrogen and oxygen atoms in total. The van der Waals surface area contributed by atoms with Gasteiger partial charge in [-0.15, -0.1) is 0 Å². The summed E-state index contributed by atoms with van der Waals surface area (Å²) in [7, 11) is 3.26. The molecule has 0 unspecified atom stereocenters. The van der Waals surface area contributed by atoms with Gasteiger partial charge in [0, 0.05) is 40.4 Å². The van der Waals surface area contributed by atoms with Crippen molar-refractivity contribution >= 4 is 22.4 Å². The fourth-order valence-electron chi connectivity index (χ4n) is 4.75. The van der Waals surface area contributed by atoms with Crippen molar-refractivity contribution in [1.29, 1.82) is 0 Å². The highest BCUT2D eigenvalue weighted by atomic mass is 16.5. The number of rotatable bonds is 3. The van der Waals surface area contributed by atoms with E-state index in [1.54, 1.807) is 14.2 Å². The molecule has 0 saturated carbocycles. The zero-order valence-electron chi connectivity index (χ0n) is 17.4. The second-order valence-corrected chi connectivity index (χ2v) is 7.89. The molecule has 1 aromatic heterocycles. The van der Waals surface area contributed by atoms with Crippen LogP contribution in [0, 0.1) is 6.92 Å². The van der Waals surface area contributed by atoms with E-state index in [-0.39, 0.29) is 11.7 Å². The fourth-order valence-corrected chi connectivity index (χ4v) is 4.75. The first-order valence-corrected chi connectivity index (χ1v) is 10.3. The van der Waals surface area contributed by atoms with Crippen LogP contribution in [0.15, 0.2) is 53.7 Å². The minimum atomic E-state index is -0.169. The summed E-state index contributed by atoms with van der Waals surface area (Å²) in [5.74, 6) is 1.38. The van der Waals surface area contributed by atoms with Gasteiger partial charge in [-0.1, -0.05) is 12.1 Å². The molecule has 2 aliphatic rings. The van der Waals surface area contributed by atoms with Crippen LogP contribution >= 0.6 is 0 Å². The predicted molar refractivity (Wildman–Crippen MR) is 117 cm³/mol. The molecule has 1 N–H and O–H groups in total. The molecule has 0 bridgehead atoms. The molecule has 0 spiro atoms. The van der Waals surface area contributed by atoms with E-state index in [4.69, 9.17) is 14.5 Å². The molecule has 0 saturated heterocycles. The van der Waals surface area contributed by atoms with E-state index in [0.717, 1.165) is 57.5 Å². The Morgan fingerprint density at radius 2 is 1.83 bits per heavy atom. The van der Waals surface area contributed by atoms with Crippen LogP contribution < -0.4 is 14.8 Å². The number of methoxy groups -OCH3 is 2. The van der Waals surface area contributed by atoms with Crippen molar-refractivity contribution in [1.82, 2.24) is 4.98 Å². The third-order valence-corrected chi connectivity index (χ3v) is 6.11. The molecule has 1 atom stereocenters. The highest BCUT2D eigenvalue weighted by molar-refractivity contribution is 6.03. The molecule has 5 heteroatoms. The monoisotopic (exact) mass is 400 g/mol. The Bertz CT molecular complexity index is 1210. The third-order valence-electron chi connectivity index (χ3n) is 6.11. The highest BCUT2D eigenvalue weighted by Crippen LogP contribution is 2.48. The number of carbonyl (C=O) groups is 1. The van der Waals surface area contributed by atoms with Gasteiger partial charge in [-0.2, -0.15) is 0 Å². The lowest BCUT2D eigenvalue weighted by molar-refractivity contribution is -0.116. The number of carbonyl (C=O) groups excluding carboxylic acids is 1. The highest BCUT2D eigenvalue weighted by Gasteiger charge is 2.36. The van der Waals surface area contributed by atoms with Gasteiger partial charge in [0.1, 0.15) is 0 Å². The number of nitrogens with zero attached hydrogens (tertiary/aromatic N) is 1. The van der Waals surface area contributed by atoms with Crippen LogP contribution in [0.25, 0.3) is 10.9 Å². The summed E-state index contributed by atoms with van der Waals surface area (Å²) in [6.07, 6.45) is 2.35. The number of ketones is 1. The summed E-state index contributed by atoms with van der Waals surface area (Å²) >= 11 is 0. The quantitative estimate of drug-likeness (QED) is 0.661. The van der Waals surface area contributed by atoms with Crippen LogP contribution in [0.2, 0.25) is 0 Å². The van der Waals surface area contributed by atoms with Crippen LogP contribution in [0.5, 0.6) is 11.5 Å². The summed E-state index contributed by atoms with van der Waals surface area (Å²) in [4.78, 5) is 17.8. The number of allylic oxidation sites excluding steroid dienone is 2. The maximum absolute atomic E-state index is 13.1. The lowest BCUT2D eigenvalue weighted by atomic mass is 9.74. The minimum Gasteiger partial charge on any atom is -0.493 e.